The summed E-state index contributed by atoms with van der Waals surface area (Å²) in [4.78, 5) is 28.7. The van der Waals surface area contributed by atoms with Crippen LogP contribution in [0.3, 0.4) is 0 Å². The van der Waals surface area contributed by atoms with Gasteiger partial charge in [-0.05, 0) is 60.4 Å². The summed E-state index contributed by atoms with van der Waals surface area (Å²) >= 11 is 0. The number of carboxylic acid groups (broad SMARTS) is 1. The molecule has 1 heterocycles. The minimum atomic E-state index is -5.07. The summed E-state index contributed by atoms with van der Waals surface area (Å²) in [5.74, 6) is -0.548. The number of piperazine rings is 1. The van der Waals surface area contributed by atoms with E-state index in [0.29, 0.717) is 23.3 Å². The summed E-state index contributed by atoms with van der Waals surface area (Å²) in [5, 5.41) is 9.50. The number of urea groups is 1. The Bertz CT molecular complexity index is 1210. The Labute approximate surface area is 219 Å². The van der Waals surface area contributed by atoms with Crippen molar-refractivity contribution in [3.8, 4) is 0 Å². The molecule has 1 aliphatic rings. The fourth-order valence-corrected chi connectivity index (χ4v) is 4.65. The Morgan fingerprint density at radius 1 is 1.08 bits per heavy atom. The van der Waals surface area contributed by atoms with Gasteiger partial charge in [-0.1, -0.05) is 12.1 Å². The van der Waals surface area contributed by atoms with E-state index in [-0.39, 0.29) is 32.1 Å². The van der Waals surface area contributed by atoms with Gasteiger partial charge in [0, 0.05) is 26.7 Å². The van der Waals surface area contributed by atoms with Crippen LogP contribution in [0.25, 0.3) is 0 Å². The summed E-state index contributed by atoms with van der Waals surface area (Å²) in [6, 6.07) is 2.01. The molecule has 3 amide bonds. The van der Waals surface area contributed by atoms with Crippen molar-refractivity contribution >= 4 is 12.1 Å². The standard InChI is InChI=1S/C26H26F7N3O3/c1-4-5-21(16-11-17(25(28,29)30)13-18(12-16)26(31,32)33)34(3)23(37)36-9-8-35(24(38)39)14-22(36)20-7-6-19(27)10-15(20)2/h4,6-7,10-13,21-22H,1,5,8-9,14H2,2-3H3,(H,38,39). The molecule has 0 aromatic heterocycles. The number of aryl methyl sites for hydroxylation is 1. The van der Waals surface area contributed by atoms with E-state index in [0.717, 1.165) is 15.9 Å². The zero-order chi connectivity index (χ0) is 29.3. The summed E-state index contributed by atoms with van der Waals surface area (Å²) in [6.07, 6.45) is -10.3. The third-order valence-electron chi connectivity index (χ3n) is 6.64. The maximum atomic E-state index is 13.8. The second-order valence-corrected chi connectivity index (χ2v) is 9.21. The topological polar surface area (TPSA) is 64.1 Å². The number of alkyl halides is 6. The minimum absolute atomic E-state index is 0.00869. The van der Waals surface area contributed by atoms with Gasteiger partial charge in [0.25, 0.3) is 0 Å². The van der Waals surface area contributed by atoms with Gasteiger partial charge in [0.15, 0.2) is 0 Å². The van der Waals surface area contributed by atoms with Gasteiger partial charge in [0.05, 0.1) is 23.2 Å². The Kier molecular flexibility index (Phi) is 8.51. The molecule has 1 aliphatic heterocycles. The van der Waals surface area contributed by atoms with Gasteiger partial charge in [-0.25, -0.2) is 14.0 Å². The molecule has 0 spiro atoms. The molecule has 2 unspecified atom stereocenters. The van der Waals surface area contributed by atoms with Crippen LogP contribution in [-0.4, -0.2) is 58.6 Å². The third-order valence-corrected chi connectivity index (χ3v) is 6.64. The zero-order valence-electron chi connectivity index (χ0n) is 21.0. The van der Waals surface area contributed by atoms with E-state index >= 15 is 0 Å². The number of halogens is 7. The molecule has 2 atom stereocenters. The number of carbonyl (C=O) groups excluding carboxylic acids is 1. The van der Waals surface area contributed by atoms with Gasteiger partial charge in [-0.15, -0.1) is 6.58 Å². The predicted molar refractivity (Wildman–Crippen MR) is 127 cm³/mol. The highest BCUT2D eigenvalue weighted by atomic mass is 19.4. The minimum Gasteiger partial charge on any atom is -0.465 e. The first-order valence-electron chi connectivity index (χ1n) is 11.7. The monoisotopic (exact) mass is 561 g/mol. The van der Waals surface area contributed by atoms with Crippen LogP contribution >= 0.6 is 0 Å². The molecule has 1 fully saturated rings. The highest BCUT2D eigenvalue weighted by molar-refractivity contribution is 5.76. The van der Waals surface area contributed by atoms with Gasteiger partial charge in [-0.2, -0.15) is 26.3 Å². The summed E-state index contributed by atoms with van der Waals surface area (Å²) < 4.78 is 94.7. The van der Waals surface area contributed by atoms with Crippen molar-refractivity contribution in [1.82, 2.24) is 14.7 Å². The van der Waals surface area contributed by atoms with Crippen molar-refractivity contribution in [1.29, 1.82) is 0 Å². The molecule has 2 aromatic rings. The molecule has 0 radical (unpaired) electrons. The van der Waals surface area contributed by atoms with Crippen LogP contribution in [0, 0.1) is 12.7 Å². The van der Waals surface area contributed by atoms with Crippen LogP contribution in [-0.2, 0) is 12.4 Å². The lowest BCUT2D eigenvalue weighted by molar-refractivity contribution is -0.143. The molecule has 13 heteroatoms. The number of carbonyl (C=O) groups is 2. The van der Waals surface area contributed by atoms with Crippen LogP contribution in [0.15, 0.2) is 49.1 Å². The largest absolute Gasteiger partial charge is 0.465 e. The van der Waals surface area contributed by atoms with Crippen LogP contribution in [0.1, 0.15) is 46.3 Å². The number of hydrogen-bond acceptors (Lipinski definition) is 2. The fourth-order valence-electron chi connectivity index (χ4n) is 4.65. The molecular formula is C26H26F7N3O3. The van der Waals surface area contributed by atoms with Crippen LogP contribution in [0.5, 0.6) is 0 Å². The smallest absolute Gasteiger partial charge is 0.416 e. The van der Waals surface area contributed by atoms with Crippen LogP contribution in [0.4, 0.5) is 40.3 Å². The number of hydrogen-bond donors (Lipinski definition) is 1. The van der Waals surface area contributed by atoms with E-state index in [1.54, 1.807) is 6.92 Å². The van der Waals surface area contributed by atoms with Crippen LogP contribution in [0.2, 0.25) is 0 Å². The summed E-state index contributed by atoms with van der Waals surface area (Å²) in [6.45, 7) is 4.73. The number of rotatable bonds is 5. The number of benzene rings is 2. The van der Waals surface area contributed by atoms with E-state index in [4.69, 9.17) is 0 Å². The third kappa shape index (κ3) is 6.63. The Hall–Kier alpha value is -3.77. The normalized spacial score (nSPS) is 17.1. The van der Waals surface area contributed by atoms with Gasteiger partial charge in [-0.3, -0.25) is 0 Å². The SMILES string of the molecule is C=CCC(c1cc(C(F)(F)F)cc(C(F)(F)F)c1)N(C)C(=O)N1CCN(C(=O)O)CC1c1ccc(F)cc1C. The van der Waals surface area contributed by atoms with Gasteiger partial charge in [0.1, 0.15) is 5.82 Å². The predicted octanol–water partition coefficient (Wildman–Crippen LogP) is 6.88. The average molecular weight is 561 g/mol. The molecule has 1 saturated heterocycles. The summed E-state index contributed by atoms with van der Waals surface area (Å²) in [7, 11) is 1.24. The van der Waals surface area contributed by atoms with Crippen LogP contribution < -0.4 is 0 Å². The van der Waals surface area contributed by atoms with Gasteiger partial charge < -0.3 is 19.8 Å². The molecule has 39 heavy (non-hydrogen) atoms. The van der Waals surface area contributed by atoms with Crippen molar-refractivity contribution in [2.45, 2.75) is 37.8 Å². The lowest BCUT2D eigenvalue weighted by atomic mass is 9.96. The highest BCUT2D eigenvalue weighted by Crippen LogP contribution is 2.39. The van der Waals surface area contributed by atoms with Crippen molar-refractivity contribution in [3.05, 3.63) is 82.7 Å². The zero-order valence-corrected chi connectivity index (χ0v) is 21.0. The summed E-state index contributed by atoms with van der Waals surface area (Å²) in [5.41, 5.74) is -2.55. The molecule has 212 valence electrons. The average Bonchev–Trinajstić information content (AvgIpc) is 2.84. The van der Waals surface area contributed by atoms with E-state index in [1.165, 1.54) is 30.2 Å². The quantitative estimate of drug-likeness (QED) is 0.320. The molecule has 6 nitrogen and oxygen atoms in total. The Balaban J connectivity index is 2.06. The Morgan fingerprint density at radius 2 is 1.67 bits per heavy atom. The second kappa shape index (κ2) is 11.1. The fraction of sp³-hybridized carbons (Fsp3) is 0.385. The molecular weight excluding hydrogens is 535 g/mol. The molecule has 0 aliphatic carbocycles. The van der Waals surface area contributed by atoms with Crippen molar-refractivity contribution < 1.29 is 45.4 Å². The van der Waals surface area contributed by atoms with Crippen molar-refractivity contribution in [3.63, 3.8) is 0 Å². The van der Waals surface area contributed by atoms with E-state index in [2.05, 4.69) is 6.58 Å². The highest BCUT2D eigenvalue weighted by Gasteiger charge is 2.40. The van der Waals surface area contributed by atoms with E-state index < -0.39 is 59.1 Å². The maximum absolute atomic E-state index is 13.8. The van der Waals surface area contributed by atoms with Crippen molar-refractivity contribution in [2.75, 3.05) is 26.7 Å². The lowest BCUT2D eigenvalue weighted by Crippen LogP contribution is -2.55. The number of amides is 3. The number of nitrogens with zero attached hydrogens (tertiary/aromatic N) is 3. The molecule has 1 N–H and O–H groups in total. The molecule has 0 saturated carbocycles. The van der Waals surface area contributed by atoms with Gasteiger partial charge >= 0.3 is 24.5 Å². The van der Waals surface area contributed by atoms with E-state index in [1.807, 2.05) is 0 Å². The molecule has 0 bridgehead atoms. The molecule has 2 aromatic carbocycles. The Morgan fingerprint density at radius 3 is 2.15 bits per heavy atom. The van der Waals surface area contributed by atoms with Crippen molar-refractivity contribution in [2.24, 2.45) is 0 Å². The second-order valence-electron chi connectivity index (χ2n) is 9.21. The first kappa shape index (κ1) is 29.8. The first-order valence-corrected chi connectivity index (χ1v) is 11.7. The lowest BCUT2D eigenvalue weighted by Gasteiger charge is -2.43. The maximum Gasteiger partial charge on any atom is 0.416 e. The first-order chi connectivity index (χ1) is 18.0. The van der Waals surface area contributed by atoms with E-state index in [9.17, 15) is 45.4 Å². The molecule has 3 rings (SSSR count). The van der Waals surface area contributed by atoms with Gasteiger partial charge in [0.2, 0.25) is 0 Å².